The average molecular weight is 240 g/mol. The summed E-state index contributed by atoms with van der Waals surface area (Å²) >= 11 is 0. The normalized spacial score (nSPS) is 13.1. The molecule has 0 aliphatic heterocycles. The Hall–Kier alpha value is -2.11. The molecule has 0 aromatic heterocycles. The fourth-order valence-corrected chi connectivity index (χ4v) is 0.829. The first-order chi connectivity index (χ1) is 7.79. The van der Waals surface area contributed by atoms with E-state index in [1.54, 1.807) is 6.92 Å². The lowest BCUT2D eigenvalue weighted by molar-refractivity contribution is -0.133. The Morgan fingerprint density at radius 1 is 1.24 bits per heavy atom. The molecule has 0 rings (SSSR count). The minimum Gasteiger partial charge on any atom is -0.478 e. The Labute approximate surface area is 99.4 Å². The van der Waals surface area contributed by atoms with E-state index < -0.39 is 17.9 Å². The Bertz CT molecular complexity index is 385. The summed E-state index contributed by atoms with van der Waals surface area (Å²) < 4.78 is 0. The topological polar surface area (TPSA) is 95.5 Å². The van der Waals surface area contributed by atoms with Crippen LogP contribution in [-0.4, -0.2) is 29.1 Å². The van der Waals surface area contributed by atoms with Crippen LogP contribution in [0, 0.1) is 0 Å². The van der Waals surface area contributed by atoms with E-state index in [2.05, 4.69) is 11.9 Å². The van der Waals surface area contributed by atoms with Crippen LogP contribution in [0.5, 0.6) is 0 Å². The summed E-state index contributed by atoms with van der Waals surface area (Å²) in [5.41, 5.74) is -0.119. The molecule has 0 radical (unpaired) electrons. The van der Waals surface area contributed by atoms with Crippen LogP contribution in [0.4, 0.5) is 4.79 Å². The van der Waals surface area contributed by atoms with E-state index in [1.165, 1.54) is 19.9 Å². The molecular formula is C11H16N2O4. The van der Waals surface area contributed by atoms with Gasteiger partial charge in [-0.2, -0.15) is 0 Å². The van der Waals surface area contributed by atoms with Crippen molar-refractivity contribution in [3.05, 3.63) is 23.8 Å². The van der Waals surface area contributed by atoms with E-state index >= 15 is 0 Å². The zero-order valence-corrected chi connectivity index (χ0v) is 10.0. The van der Waals surface area contributed by atoms with Crippen molar-refractivity contribution in [1.82, 2.24) is 10.6 Å². The third kappa shape index (κ3) is 4.96. The quantitative estimate of drug-likeness (QED) is 0.500. The van der Waals surface area contributed by atoms with Crippen LogP contribution >= 0.6 is 0 Å². The molecule has 0 heterocycles. The molecule has 6 nitrogen and oxygen atoms in total. The van der Waals surface area contributed by atoms with Crippen molar-refractivity contribution in [2.75, 3.05) is 0 Å². The van der Waals surface area contributed by atoms with Gasteiger partial charge < -0.3 is 10.4 Å². The smallest absolute Gasteiger partial charge is 0.331 e. The summed E-state index contributed by atoms with van der Waals surface area (Å²) in [5.74, 6) is -1.93. The summed E-state index contributed by atoms with van der Waals surface area (Å²) in [5, 5.41) is 13.1. The highest BCUT2D eigenvalue weighted by atomic mass is 16.4. The second-order valence-electron chi connectivity index (χ2n) is 3.51. The van der Waals surface area contributed by atoms with Gasteiger partial charge in [-0.05, 0) is 20.8 Å². The predicted molar refractivity (Wildman–Crippen MR) is 62.3 cm³/mol. The standard InChI is InChI=1S/C11H16N2O4/c1-5-6(2)12-11(17)13-9(14)7(3)8(4)10(15)16/h5-6H,1H2,2-4H3,(H,15,16)(H2,12,13,14,17)/b8-7-. The third-order valence-corrected chi connectivity index (χ3v) is 2.16. The number of imide groups is 1. The number of aliphatic carboxylic acids is 1. The molecular weight excluding hydrogens is 224 g/mol. The van der Waals surface area contributed by atoms with Crippen LogP contribution in [0.1, 0.15) is 20.8 Å². The average Bonchev–Trinajstić information content (AvgIpc) is 2.26. The lowest BCUT2D eigenvalue weighted by Gasteiger charge is -2.10. The summed E-state index contributed by atoms with van der Waals surface area (Å²) in [4.78, 5) is 33.3. The van der Waals surface area contributed by atoms with Gasteiger partial charge in [0.2, 0.25) is 0 Å². The van der Waals surface area contributed by atoms with Gasteiger partial charge in [0.05, 0.1) is 0 Å². The molecule has 0 spiro atoms. The van der Waals surface area contributed by atoms with Crippen molar-refractivity contribution in [1.29, 1.82) is 0 Å². The highest BCUT2D eigenvalue weighted by Crippen LogP contribution is 2.03. The monoisotopic (exact) mass is 240 g/mol. The van der Waals surface area contributed by atoms with E-state index in [-0.39, 0.29) is 17.2 Å². The summed E-state index contributed by atoms with van der Waals surface area (Å²) in [6, 6.07) is -0.979. The number of carbonyl (C=O) groups excluding carboxylic acids is 2. The number of hydrogen-bond acceptors (Lipinski definition) is 3. The van der Waals surface area contributed by atoms with E-state index in [0.717, 1.165) is 0 Å². The first-order valence-electron chi connectivity index (χ1n) is 4.94. The van der Waals surface area contributed by atoms with Gasteiger partial charge in [-0.25, -0.2) is 9.59 Å². The largest absolute Gasteiger partial charge is 0.478 e. The number of carboxylic acids is 1. The zero-order chi connectivity index (χ0) is 13.6. The maximum absolute atomic E-state index is 11.5. The van der Waals surface area contributed by atoms with Crippen LogP contribution in [0.2, 0.25) is 0 Å². The van der Waals surface area contributed by atoms with Crippen molar-refractivity contribution in [3.63, 3.8) is 0 Å². The van der Waals surface area contributed by atoms with E-state index in [0.29, 0.717) is 0 Å². The van der Waals surface area contributed by atoms with Crippen molar-refractivity contribution < 1.29 is 19.5 Å². The van der Waals surface area contributed by atoms with E-state index in [1.807, 2.05) is 5.32 Å². The van der Waals surface area contributed by atoms with Gasteiger partial charge in [-0.1, -0.05) is 6.08 Å². The first-order valence-corrected chi connectivity index (χ1v) is 4.94. The number of urea groups is 1. The van der Waals surface area contributed by atoms with Gasteiger partial charge in [0.15, 0.2) is 0 Å². The minimum atomic E-state index is -1.20. The van der Waals surface area contributed by atoms with Crippen molar-refractivity contribution >= 4 is 17.9 Å². The highest BCUT2D eigenvalue weighted by Gasteiger charge is 2.15. The Balaban J connectivity index is 4.56. The molecule has 0 fully saturated rings. The Morgan fingerprint density at radius 3 is 2.18 bits per heavy atom. The second kappa shape index (κ2) is 6.47. The second-order valence-corrected chi connectivity index (χ2v) is 3.51. The summed E-state index contributed by atoms with van der Waals surface area (Å²) in [6.07, 6.45) is 1.50. The van der Waals surface area contributed by atoms with Crippen LogP contribution in [0.15, 0.2) is 23.8 Å². The Kier molecular flexibility index (Phi) is 5.66. The molecule has 17 heavy (non-hydrogen) atoms. The highest BCUT2D eigenvalue weighted by molar-refractivity contribution is 6.07. The van der Waals surface area contributed by atoms with Gasteiger partial charge in [0.1, 0.15) is 0 Å². The number of amides is 3. The molecule has 6 heteroatoms. The minimum absolute atomic E-state index is 0.0149. The molecule has 0 saturated carbocycles. The Morgan fingerprint density at radius 2 is 1.76 bits per heavy atom. The summed E-state index contributed by atoms with van der Waals surface area (Å²) in [6.45, 7) is 7.78. The maximum Gasteiger partial charge on any atom is 0.331 e. The molecule has 0 bridgehead atoms. The number of hydrogen-bond donors (Lipinski definition) is 3. The van der Waals surface area contributed by atoms with Crippen molar-refractivity contribution in [2.45, 2.75) is 26.8 Å². The molecule has 1 atom stereocenters. The van der Waals surface area contributed by atoms with Gasteiger partial charge in [0, 0.05) is 17.2 Å². The molecule has 0 aromatic carbocycles. The van der Waals surface area contributed by atoms with Crippen LogP contribution in [0.25, 0.3) is 0 Å². The van der Waals surface area contributed by atoms with Crippen LogP contribution < -0.4 is 10.6 Å². The van der Waals surface area contributed by atoms with Crippen LogP contribution in [-0.2, 0) is 9.59 Å². The van der Waals surface area contributed by atoms with Crippen molar-refractivity contribution in [3.8, 4) is 0 Å². The molecule has 0 aliphatic rings. The molecule has 3 amide bonds. The SMILES string of the molecule is C=CC(C)NC(=O)NC(=O)/C(C)=C(/C)C(=O)O. The zero-order valence-electron chi connectivity index (χ0n) is 10.0. The van der Waals surface area contributed by atoms with E-state index in [9.17, 15) is 14.4 Å². The first kappa shape index (κ1) is 14.9. The number of carbonyl (C=O) groups is 3. The molecule has 3 N–H and O–H groups in total. The van der Waals surface area contributed by atoms with E-state index in [4.69, 9.17) is 5.11 Å². The number of rotatable bonds is 4. The van der Waals surface area contributed by atoms with Gasteiger partial charge in [-0.3, -0.25) is 10.1 Å². The van der Waals surface area contributed by atoms with Crippen LogP contribution in [0.3, 0.4) is 0 Å². The van der Waals surface area contributed by atoms with Gasteiger partial charge in [-0.15, -0.1) is 6.58 Å². The number of nitrogens with one attached hydrogen (secondary N) is 2. The lowest BCUT2D eigenvalue weighted by Crippen LogP contribution is -2.43. The number of carboxylic acid groups (broad SMARTS) is 1. The predicted octanol–water partition coefficient (Wildman–Crippen LogP) is 0.808. The fourth-order valence-electron chi connectivity index (χ4n) is 0.829. The maximum atomic E-state index is 11.5. The lowest BCUT2D eigenvalue weighted by atomic mass is 10.1. The molecule has 94 valence electrons. The summed E-state index contributed by atoms with van der Waals surface area (Å²) in [7, 11) is 0. The van der Waals surface area contributed by atoms with Crippen molar-refractivity contribution in [2.24, 2.45) is 0 Å². The van der Waals surface area contributed by atoms with Gasteiger partial charge in [0.25, 0.3) is 5.91 Å². The molecule has 0 aliphatic carbocycles. The molecule has 1 unspecified atom stereocenters. The fraction of sp³-hybridized carbons (Fsp3) is 0.364. The molecule has 0 saturated heterocycles. The molecule has 0 aromatic rings. The third-order valence-electron chi connectivity index (χ3n) is 2.16. The van der Waals surface area contributed by atoms with Gasteiger partial charge >= 0.3 is 12.0 Å².